The number of aromatic nitrogens is 2. The second-order valence-electron chi connectivity index (χ2n) is 8.15. The second-order valence-corrected chi connectivity index (χ2v) is 8.15. The molecule has 0 spiro atoms. The zero-order valence-electron chi connectivity index (χ0n) is 14.8. The first-order valence-electron chi connectivity index (χ1n) is 8.55. The molecule has 2 heterocycles. The summed E-state index contributed by atoms with van der Waals surface area (Å²) in [7, 11) is 0. The second kappa shape index (κ2) is 6.95. The van der Waals surface area contributed by atoms with Crippen LogP contribution in [-0.2, 0) is 12.0 Å². The molecule has 1 saturated heterocycles. The molecule has 1 aliphatic rings. The van der Waals surface area contributed by atoms with Crippen LogP contribution in [0.3, 0.4) is 0 Å². The van der Waals surface area contributed by atoms with E-state index in [0.29, 0.717) is 5.92 Å². The number of likely N-dealkylation sites (tertiary alicyclic amines) is 1. The van der Waals surface area contributed by atoms with Crippen molar-refractivity contribution in [2.45, 2.75) is 59.4 Å². The highest BCUT2D eigenvalue weighted by Crippen LogP contribution is 2.20. The van der Waals surface area contributed by atoms with Gasteiger partial charge in [-0.25, -0.2) is 4.98 Å². The Kier molecular flexibility index (Phi) is 5.43. The molecule has 1 aromatic heterocycles. The van der Waals surface area contributed by atoms with Crippen molar-refractivity contribution in [1.82, 2.24) is 14.5 Å². The van der Waals surface area contributed by atoms with Gasteiger partial charge in [0.1, 0.15) is 0 Å². The van der Waals surface area contributed by atoms with Crippen LogP contribution in [0.1, 0.15) is 53.2 Å². The Bertz CT molecular complexity index is 534. The highest BCUT2D eigenvalue weighted by molar-refractivity contribution is 5.10. The Morgan fingerprint density at radius 2 is 1.91 bits per heavy atom. The third kappa shape index (κ3) is 4.67. The minimum atomic E-state index is -0.0690. The Balaban J connectivity index is 1.94. The highest BCUT2D eigenvalue weighted by atomic mass is 16.1. The minimum Gasteiger partial charge on any atom is -0.303 e. The van der Waals surface area contributed by atoms with Crippen molar-refractivity contribution in [2.24, 2.45) is 11.8 Å². The van der Waals surface area contributed by atoms with Crippen molar-refractivity contribution >= 4 is 0 Å². The molecule has 0 N–H and O–H groups in total. The molecule has 0 atom stereocenters. The maximum absolute atomic E-state index is 12.3. The summed E-state index contributed by atoms with van der Waals surface area (Å²) in [6.45, 7) is 15.1. The molecule has 0 unspecified atom stereocenters. The van der Waals surface area contributed by atoms with Crippen LogP contribution in [0.5, 0.6) is 0 Å². The average Bonchev–Trinajstić information content (AvgIpc) is 2.41. The molecule has 2 rings (SSSR count). The van der Waals surface area contributed by atoms with Gasteiger partial charge in [0.2, 0.25) is 0 Å². The van der Waals surface area contributed by atoms with Crippen LogP contribution >= 0.6 is 0 Å². The number of hydrogen-bond acceptors (Lipinski definition) is 3. The van der Waals surface area contributed by atoms with Gasteiger partial charge in [0, 0.05) is 24.6 Å². The normalized spacial score (nSPS) is 18.1. The van der Waals surface area contributed by atoms with Crippen LogP contribution in [0, 0.1) is 11.8 Å². The molecule has 1 fully saturated rings. The van der Waals surface area contributed by atoms with Crippen LogP contribution in [0.15, 0.2) is 17.2 Å². The van der Waals surface area contributed by atoms with E-state index in [4.69, 9.17) is 0 Å². The molecule has 22 heavy (non-hydrogen) atoms. The van der Waals surface area contributed by atoms with Gasteiger partial charge in [-0.3, -0.25) is 9.36 Å². The third-order valence-corrected chi connectivity index (χ3v) is 4.43. The Labute approximate surface area is 134 Å². The van der Waals surface area contributed by atoms with Gasteiger partial charge in [-0.15, -0.1) is 0 Å². The summed E-state index contributed by atoms with van der Waals surface area (Å²) in [6, 6.07) is 1.70. The first-order chi connectivity index (χ1) is 10.3. The summed E-state index contributed by atoms with van der Waals surface area (Å²) >= 11 is 0. The fourth-order valence-corrected chi connectivity index (χ4v) is 3.12. The number of nitrogens with zero attached hydrogens (tertiary/aromatic N) is 3. The molecule has 124 valence electrons. The molecule has 4 heteroatoms. The molecule has 0 saturated carbocycles. The van der Waals surface area contributed by atoms with Gasteiger partial charge in [0.05, 0.1) is 12.0 Å². The highest BCUT2D eigenvalue weighted by Gasteiger charge is 2.21. The predicted molar refractivity (Wildman–Crippen MR) is 91.2 cm³/mol. The van der Waals surface area contributed by atoms with E-state index in [2.05, 4.69) is 44.5 Å². The van der Waals surface area contributed by atoms with Crippen LogP contribution < -0.4 is 5.56 Å². The number of hydrogen-bond donors (Lipinski definition) is 0. The standard InChI is InChI=1S/C18H31N3O/c1-14(2)11-20-8-6-15(7-9-20)12-21-13-19-16(10-17(21)22)18(3,4)5/h10,13-15H,6-9,11-12H2,1-5H3. The van der Waals surface area contributed by atoms with E-state index in [1.165, 1.54) is 19.4 Å². The summed E-state index contributed by atoms with van der Waals surface area (Å²) in [4.78, 5) is 19.3. The van der Waals surface area contributed by atoms with E-state index in [-0.39, 0.29) is 11.0 Å². The third-order valence-electron chi connectivity index (χ3n) is 4.43. The lowest BCUT2D eigenvalue weighted by Crippen LogP contribution is -2.38. The Hall–Kier alpha value is -1.16. The van der Waals surface area contributed by atoms with Crippen molar-refractivity contribution < 1.29 is 0 Å². The summed E-state index contributed by atoms with van der Waals surface area (Å²) in [6.07, 6.45) is 4.10. The molecule has 0 aliphatic carbocycles. The average molecular weight is 305 g/mol. The first kappa shape index (κ1) is 17.2. The maximum Gasteiger partial charge on any atom is 0.253 e. The topological polar surface area (TPSA) is 38.1 Å². The minimum absolute atomic E-state index is 0.0690. The van der Waals surface area contributed by atoms with Crippen molar-refractivity contribution in [3.63, 3.8) is 0 Å². The van der Waals surface area contributed by atoms with Gasteiger partial charge in [0.15, 0.2) is 0 Å². The van der Waals surface area contributed by atoms with Crippen LogP contribution in [-0.4, -0.2) is 34.1 Å². The molecule has 1 aromatic rings. The molecular formula is C18H31N3O. The fraction of sp³-hybridized carbons (Fsp3) is 0.778. The summed E-state index contributed by atoms with van der Waals surface area (Å²) in [5, 5.41) is 0. The number of piperidine rings is 1. The monoisotopic (exact) mass is 305 g/mol. The van der Waals surface area contributed by atoms with Gasteiger partial charge in [0.25, 0.3) is 5.56 Å². The molecule has 4 nitrogen and oxygen atoms in total. The van der Waals surface area contributed by atoms with E-state index >= 15 is 0 Å². The number of rotatable bonds is 4. The zero-order chi connectivity index (χ0) is 16.3. The molecule has 0 bridgehead atoms. The SMILES string of the molecule is CC(C)CN1CCC(Cn2cnc(C(C)(C)C)cc2=O)CC1. The van der Waals surface area contributed by atoms with E-state index in [0.717, 1.165) is 31.2 Å². The first-order valence-corrected chi connectivity index (χ1v) is 8.55. The van der Waals surface area contributed by atoms with E-state index in [9.17, 15) is 4.79 Å². The van der Waals surface area contributed by atoms with Crippen molar-refractivity contribution in [3.05, 3.63) is 28.4 Å². The smallest absolute Gasteiger partial charge is 0.253 e. The van der Waals surface area contributed by atoms with Crippen molar-refractivity contribution in [3.8, 4) is 0 Å². The van der Waals surface area contributed by atoms with Gasteiger partial charge < -0.3 is 4.90 Å². The summed E-state index contributed by atoms with van der Waals surface area (Å²) < 4.78 is 1.79. The van der Waals surface area contributed by atoms with Crippen LogP contribution in [0.25, 0.3) is 0 Å². The maximum atomic E-state index is 12.3. The lowest BCUT2D eigenvalue weighted by atomic mass is 9.92. The van der Waals surface area contributed by atoms with Gasteiger partial charge in [-0.2, -0.15) is 0 Å². The van der Waals surface area contributed by atoms with Gasteiger partial charge in [-0.05, 0) is 37.8 Å². The summed E-state index contributed by atoms with van der Waals surface area (Å²) in [5.74, 6) is 1.33. The van der Waals surface area contributed by atoms with E-state index in [1.807, 2.05) is 0 Å². The van der Waals surface area contributed by atoms with Crippen LogP contribution in [0.4, 0.5) is 0 Å². The molecule has 0 radical (unpaired) electrons. The Morgan fingerprint density at radius 1 is 1.27 bits per heavy atom. The quantitative estimate of drug-likeness (QED) is 0.858. The fourth-order valence-electron chi connectivity index (χ4n) is 3.12. The molecule has 1 aliphatic heterocycles. The summed E-state index contributed by atoms with van der Waals surface area (Å²) in [5.41, 5.74) is 0.894. The van der Waals surface area contributed by atoms with E-state index < -0.39 is 0 Å². The van der Waals surface area contributed by atoms with E-state index in [1.54, 1.807) is 17.0 Å². The molecular weight excluding hydrogens is 274 g/mol. The molecule has 0 aromatic carbocycles. The van der Waals surface area contributed by atoms with Crippen molar-refractivity contribution in [1.29, 1.82) is 0 Å². The largest absolute Gasteiger partial charge is 0.303 e. The predicted octanol–water partition coefficient (Wildman–Crippen LogP) is 2.91. The lowest BCUT2D eigenvalue weighted by Gasteiger charge is -2.33. The van der Waals surface area contributed by atoms with Gasteiger partial charge in [-0.1, -0.05) is 34.6 Å². The molecule has 0 amide bonds. The van der Waals surface area contributed by atoms with Crippen LogP contribution in [0.2, 0.25) is 0 Å². The van der Waals surface area contributed by atoms with Crippen molar-refractivity contribution in [2.75, 3.05) is 19.6 Å². The Morgan fingerprint density at radius 3 is 2.41 bits per heavy atom. The lowest BCUT2D eigenvalue weighted by molar-refractivity contribution is 0.158. The van der Waals surface area contributed by atoms with Gasteiger partial charge >= 0.3 is 0 Å². The zero-order valence-corrected chi connectivity index (χ0v) is 14.8.